The van der Waals surface area contributed by atoms with Crippen LogP contribution in [0, 0.1) is 0 Å². The summed E-state index contributed by atoms with van der Waals surface area (Å²) >= 11 is 0. The van der Waals surface area contributed by atoms with Crippen molar-refractivity contribution >= 4 is 11.9 Å². The van der Waals surface area contributed by atoms with E-state index in [1.165, 1.54) is 71.1 Å². The molecule has 0 spiro atoms. The molecular weight excluding hydrogens is 290 g/mol. The highest BCUT2D eigenvalue weighted by atomic mass is 16.5. The predicted octanol–water partition coefficient (Wildman–Crippen LogP) is 4.76. The van der Waals surface area contributed by atoms with Crippen LogP contribution in [-0.4, -0.2) is 24.5 Å². The lowest BCUT2D eigenvalue weighted by Gasteiger charge is -2.11. The minimum atomic E-state index is -0.690. The number of amides is 1. The zero-order valence-electron chi connectivity index (χ0n) is 15.5. The molecule has 0 rings (SSSR count). The molecule has 0 heterocycles. The molecule has 0 aliphatic heterocycles. The third kappa shape index (κ3) is 15.6. The van der Waals surface area contributed by atoms with Gasteiger partial charge in [-0.3, -0.25) is 9.59 Å². The smallest absolute Gasteiger partial charge is 0.303 e. The van der Waals surface area contributed by atoms with E-state index in [1.54, 1.807) is 6.92 Å². The zero-order valence-corrected chi connectivity index (χ0v) is 15.5. The Bertz CT molecular complexity index is 305. The molecule has 1 N–H and O–H groups in total. The summed E-state index contributed by atoms with van der Waals surface area (Å²) in [7, 11) is 0. The predicted molar refractivity (Wildman–Crippen MR) is 95.3 cm³/mol. The fraction of sp³-hybridized carbons (Fsp3) is 0.895. The molecule has 4 heteroatoms. The Labute approximate surface area is 142 Å². The molecule has 0 aromatic rings. The number of esters is 1. The van der Waals surface area contributed by atoms with Gasteiger partial charge in [0.1, 0.15) is 0 Å². The molecule has 0 fully saturated rings. The van der Waals surface area contributed by atoms with Crippen molar-refractivity contribution in [1.82, 2.24) is 5.32 Å². The second-order valence-electron chi connectivity index (χ2n) is 6.43. The number of nitrogens with one attached hydrogen (secondary N) is 1. The van der Waals surface area contributed by atoms with Crippen LogP contribution in [0.15, 0.2) is 0 Å². The average molecular weight is 328 g/mol. The molecule has 0 saturated carbocycles. The maximum absolute atomic E-state index is 11.6. The summed E-state index contributed by atoms with van der Waals surface area (Å²) in [6, 6.07) is 0. The number of ether oxygens (including phenoxy) is 1. The van der Waals surface area contributed by atoms with Crippen molar-refractivity contribution < 1.29 is 14.3 Å². The van der Waals surface area contributed by atoms with Gasteiger partial charge in [0, 0.05) is 13.5 Å². The van der Waals surface area contributed by atoms with Gasteiger partial charge in [0.2, 0.25) is 0 Å². The Kier molecular flexibility index (Phi) is 15.1. The van der Waals surface area contributed by atoms with Crippen LogP contribution in [0.1, 0.15) is 97.8 Å². The molecule has 0 aromatic heterocycles. The number of rotatable bonds is 15. The van der Waals surface area contributed by atoms with Gasteiger partial charge in [0.25, 0.3) is 5.91 Å². The van der Waals surface area contributed by atoms with E-state index >= 15 is 0 Å². The first-order valence-corrected chi connectivity index (χ1v) is 9.52. The van der Waals surface area contributed by atoms with Crippen LogP contribution >= 0.6 is 0 Å². The van der Waals surface area contributed by atoms with E-state index in [0.29, 0.717) is 6.54 Å². The minimum Gasteiger partial charge on any atom is -0.453 e. The topological polar surface area (TPSA) is 55.4 Å². The van der Waals surface area contributed by atoms with Gasteiger partial charge < -0.3 is 10.1 Å². The van der Waals surface area contributed by atoms with E-state index < -0.39 is 12.1 Å². The standard InChI is InChI=1S/C19H37NO3/c1-4-5-6-7-8-9-10-11-12-13-14-15-16-20-19(22)17(2)23-18(3)21/h17H,4-16H2,1-3H3,(H,20,22). The van der Waals surface area contributed by atoms with E-state index in [4.69, 9.17) is 4.74 Å². The summed E-state index contributed by atoms with van der Waals surface area (Å²) in [5.74, 6) is -0.624. The molecule has 0 saturated heterocycles. The quantitative estimate of drug-likeness (QED) is 0.349. The highest BCUT2D eigenvalue weighted by molar-refractivity contribution is 5.82. The SMILES string of the molecule is CCCCCCCCCCCCCCNC(=O)C(C)OC(C)=O. The van der Waals surface area contributed by atoms with Gasteiger partial charge >= 0.3 is 5.97 Å². The molecule has 4 nitrogen and oxygen atoms in total. The van der Waals surface area contributed by atoms with E-state index in [0.717, 1.165) is 12.8 Å². The first-order valence-electron chi connectivity index (χ1n) is 9.52. The first kappa shape index (κ1) is 21.9. The van der Waals surface area contributed by atoms with Crippen molar-refractivity contribution in [2.45, 2.75) is 104 Å². The number of hydrogen-bond donors (Lipinski definition) is 1. The van der Waals surface area contributed by atoms with Gasteiger partial charge in [-0.2, -0.15) is 0 Å². The normalized spacial score (nSPS) is 12.0. The van der Waals surface area contributed by atoms with Crippen molar-refractivity contribution in [2.24, 2.45) is 0 Å². The van der Waals surface area contributed by atoms with E-state index in [9.17, 15) is 9.59 Å². The van der Waals surface area contributed by atoms with Crippen LogP contribution in [0.5, 0.6) is 0 Å². The Morgan fingerprint density at radius 1 is 0.826 bits per heavy atom. The summed E-state index contributed by atoms with van der Waals surface area (Å²) in [6.45, 7) is 5.84. The maximum Gasteiger partial charge on any atom is 0.303 e. The van der Waals surface area contributed by atoms with Gasteiger partial charge in [-0.25, -0.2) is 0 Å². The van der Waals surface area contributed by atoms with Crippen LogP contribution in [-0.2, 0) is 14.3 Å². The van der Waals surface area contributed by atoms with Gasteiger partial charge in [-0.15, -0.1) is 0 Å². The Morgan fingerprint density at radius 3 is 1.70 bits per heavy atom. The zero-order chi connectivity index (χ0) is 17.3. The van der Waals surface area contributed by atoms with E-state index in [2.05, 4.69) is 12.2 Å². The summed E-state index contributed by atoms with van der Waals surface area (Å²) in [4.78, 5) is 22.3. The summed E-state index contributed by atoms with van der Waals surface area (Å²) in [5, 5.41) is 2.81. The Balaban J connectivity index is 3.24. The molecule has 0 aliphatic carbocycles. The summed E-state index contributed by atoms with van der Waals surface area (Å²) in [5.41, 5.74) is 0. The van der Waals surface area contributed by atoms with Crippen molar-refractivity contribution in [3.8, 4) is 0 Å². The monoisotopic (exact) mass is 327 g/mol. The average Bonchev–Trinajstić information content (AvgIpc) is 2.51. The van der Waals surface area contributed by atoms with Gasteiger partial charge in [0.15, 0.2) is 6.10 Å². The molecule has 23 heavy (non-hydrogen) atoms. The van der Waals surface area contributed by atoms with Crippen LogP contribution < -0.4 is 5.32 Å². The highest BCUT2D eigenvalue weighted by Gasteiger charge is 2.14. The van der Waals surface area contributed by atoms with Crippen molar-refractivity contribution in [3.63, 3.8) is 0 Å². The Morgan fingerprint density at radius 2 is 1.26 bits per heavy atom. The molecule has 136 valence electrons. The van der Waals surface area contributed by atoms with Gasteiger partial charge in [0.05, 0.1) is 0 Å². The lowest BCUT2D eigenvalue weighted by atomic mass is 10.1. The summed E-state index contributed by atoms with van der Waals surface area (Å²) in [6.07, 6.45) is 15.0. The first-order chi connectivity index (χ1) is 11.1. The van der Waals surface area contributed by atoms with E-state index in [-0.39, 0.29) is 5.91 Å². The third-order valence-electron chi connectivity index (χ3n) is 4.04. The Hall–Kier alpha value is -1.06. The largest absolute Gasteiger partial charge is 0.453 e. The molecule has 0 bridgehead atoms. The lowest BCUT2D eigenvalue weighted by molar-refractivity contribution is -0.152. The number of carbonyl (C=O) groups is 2. The van der Waals surface area contributed by atoms with E-state index in [1.807, 2.05) is 0 Å². The highest BCUT2D eigenvalue weighted by Crippen LogP contribution is 2.11. The molecule has 0 radical (unpaired) electrons. The third-order valence-corrected chi connectivity index (χ3v) is 4.04. The minimum absolute atomic E-state index is 0.205. The van der Waals surface area contributed by atoms with Crippen LogP contribution in [0.3, 0.4) is 0 Å². The van der Waals surface area contributed by atoms with Gasteiger partial charge in [-0.05, 0) is 13.3 Å². The molecule has 0 aromatic carbocycles. The summed E-state index contributed by atoms with van der Waals surface area (Å²) < 4.78 is 4.82. The molecule has 0 aliphatic rings. The second kappa shape index (κ2) is 15.8. The molecule has 1 atom stereocenters. The van der Waals surface area contributed by atoms with Crippen LogP contribution in [0.25, 0.3) is 0 Å². The molecular formula is C19H37NO3. The molecule has 1 amide bonds. The van der Waals surface area contributed by atoms with Crippen molar-refractivity contribution in [3.05, 3.63) is 0 Å². The molecule has 1 unspecified atom stereocenters. The number of unbranched alkanes of at least 4 members (excludes halogenated alkanes) is 11. The van der Waals surface area contributed by atoms with Crippen LogP contribution in [0.4, 0.5) is 0 Å². The van der Waals surface area contributed by atoms with Gasteiger partial charge in [-0.1, -0.05) is 77.6 Å². The van der Waals surface area contributed by atoms with Crippen LogP contribution in [0.2, 0.25) is 0 Å². The van der Waals surface area contributed by atoms with Crippen molar-refractivity contribution in [2.75, 3.05) is 6.54 Å². The fourth-order valence-electron chi connectivity index (χ4n) is 2.62. The second-order valence-corrected chi connectivity index (χ2v) is 6.43. The van der Waals surface area contributed by atoms with Crippen molar-refractivity contribution in [1.29, 1.82) is 0 Å². The maximum atomic E-state index is 11.6. The number of hydrogen-bond acceptors (Lipinski definition) is 3. The fourth-order valence-corrected chi connectivity index (χ4v) is 2.62. The number of carbonyl (C=O) groups excluding carboxylic acids is 2. The lowest BCUT2D eigenvalue weighted by Crippen LogP contribution is -2.35.